The maximum absolute atomic E-state index is 12.4. The Hall–Kier alpha value is -0.630. The zero-order chi connectivity index (χ0) is 16.8. The Labute approximate surface area is 142 Å². The summed E-state index contributed by atoms with van der Waals surface area (Å²) in [6, 6.07) is 3.30. The summed E-state index contributed by atoms with van der Waals surface area (Å²) in [4.78, 5) is 2.42. The number of hydrogen-bond acceptors (Lipinski definition) is 4. The molecule has 0 bridgehead atoms. The minimum absolute atomic E-state index is 0.162. The number of nitrogens with one attached hydrogen (secondary N) is 1. The number of hydrogen-bond donors (Lipinski definition) is 1. The third-order valence-electron chi connectivity index (χ3n) is 3.57. The van der Waals surface area contributed by atoms with E-state index in [2.05, 4.69) is 39.4 Å². The second kappa shape index (κ2) is 8.86. The summed E-state index contributed by atoms with van der Waals surface area (Å²) in [5.74, 6) is 0.358. The Bertz CT molecular complexity index is 587. The highest BCUT2D eigenvalue weighted by molar-refractivity contribution is 9.10. The molecule has 0 radical (unpaired) electrons. The topological polar surface area (TPSA) is 58.6 Å². The van der Waals surface area contributed by atoms with E-state index in [4.69, 9.17) is 4.74 Å². The van der Waals surface area contributed by atoms with Gasteiger partial charge in [-0.1, -0.05) is 29.8 Å². The highest BCUT2D eigenvalue weighted by Crippen LogP contribution is 2.30. The molecule has 22 heavy (non-hydrogen) atoms. The van der Waals surface area contributed by atoms with E-state index in [1.165, 1.54) is 7.11 Å². The van der Waals surface area contributed by atoms with Gasteiger partial charge in [-0.2, -0.15) is 0 Å². The van der Waals surface area contributed by atoms with Crippen LogP contribution in [-0.2, 0) is 10.0 Å². The molecule has 1 N–H and O–H groups in total. The number of nitrogens with zero attached hydrogens (tertiary/aromatic N) is 1. The molecule has 7 heteroatoms. The van der Waals surface area contributed by atoms with Gasteiger partial charge in [0.05, 0.1) is 7.11 Å². The molecular formula is C15H25BrN2O3S. The standard InChI is InChI=1S/C15H25BrN2O3S/c1-5-18(6-2)9-7-8-17-22(19,20)15-11-13(16)12(3)10-14(15)21-4/h10-11,17H,5-9H2,1-4H3. The Morgan fingerprint density at radius 3 is 2.45 bits per heavy atom. The first-order chi connectivity index (χ1) is 10.4. The van der Waals surface area contributed by atoms with E-state index in [1.807, 2.05) is 6.92 Å². The lowest BCUT2D eigenvalue weighted by molar-refractivity contribution is 0.300. The summed E-state index contributed by atoms with van der Waals surface area (Å²) >= 11 is 3.37. The fraction of sp³-hybridized carbons (Fsp3) is 0.600. The molecule has 0 amide bonds. The van der Waals surface area contributed by atoms with Gasteiger partial charge in [0, 0.05) is 11.0 Å². The molecule has 0 aliphatic rings. The van der Waals surface area contributed by atoms with Gasteiger partial charge in [0.1, 0.15) is 10.6 Å². The van der Waals surface area contributed by atoms with E-state index in [0.717, 1.165) is 36.1 Å². The second-order valence-corrected chi connectivity index (χ2v) is 7.62. The lowest BCUT2D eigenvalue weighted by Gasteiger charge is -2.18. The van der Waals surface area contributed by atoms with Crippen molar-refractivity contribution in [2.24, 2.45) is 0 Å². The van der Waals surface area contributed by atoms with Crippen LogP contribution in [-0.4, -0.2) is 46.6 Å². The highest BCUT2D eigenvalue weighted by atomic mass is 79.9. The summed E-state index contributed by atoms with van der Waals surface area (Å²) in [6.07, 6.45) is 0.774. The molecule has 0 spiro atoms. The molecule has 0 aromatic heterocycles. The Morgan fingerprint density at radius 2 is 1.91 bits per heavy atom. The van der Waals surface area contributed by atoms with Crippen molar-refractivity contribution in [1.29, 1.82) is 0 Å². The van der Waals surface area contributed by atoms with Crippen molar-refractivity contribution in [3.63, 3.8) is 0 Å². The average Bonchev–Trinajstić information content (AvgIpc) is 2.49. The van der Waals surface area contributed by atoms with Crippen molar-refractivity contribution in [2.45, 2.75) is 32.1 Å². The predicted molar refractivity (Wildman–Crippen MR) is 93.0 cm³/mol. The van der Waals surface area contributed by atoms with Crippen molar-refractivity contribution in [3.05, 3.63) is 22.2 Å². The van der Waals surface area contributed by atoms with Gasteiger partial charge in [0.2, 0.25) is 10.0 Å². The monoisotopic (exact) mass is 392 g/mol. The van der Waals surface area contributed by atoms with Crippen LogP contribution in [0.2, 0.25) is 0 Å². The maximum Gasteiger partial charge on any atom is 0.244 e. The number of benzene rings is 1. The summed E-state index contributed by atoms with van der Waals surface area (Å²) in [6.45, 7) is 9.33. The van der Waals surface area contributed by atoms with Gasteiger partial charge in [-0.05, 0) is 50.7 Å². The van der Waals surface area contributed by atoms with Crippen LogP contribution in [0, 0.1) is 6.92 Å². The molecule has 1 rings (SSSR count). The fourth-order valence-electron chi connectivity index (χ4n) is 2.13. The van der Waals surface area contributed by atoms with E-state index in [0.29, 0.717) is 12.3 Å². The van der Waals surface area contributed by atoms with E-state index in [1.54, 1.807) is 12.1 Å². The third kappa shape index (κ3) is 5.22. The molecule has 126 valence electrons. The van der Waals surface area contributed by atoms with E-state index < -0.39 is 10.0 Å². The van der Waals surface area contributed by atoms with E-state index in [-0.39, 0.29) is 4.90 Å². The number of sulfonamides is 1. The molecule has 5 nitrogen and oxygen atoms in total. The highest BCUT2D eigenvalue weighted by Gasteiger charge is 2.20. The van der Waals surface area contributed by atoms with Gasteiger partial charge >= 0.3 is 0 Å². The van der Waals surface area contributed by atoms with E-state index >= 15 is 0 Å². The van der Waals surface area contributed by atoms with Crippen LogP contribution in [0.1, 0.15) is 25.8 Å². The molecule has 0 aliphatic heterocycles. The fourth-order valence-corrected chi connectivity index (χ4v) is 3.88. The zero-order valence-electron chi connectivity index (χ0n) is 13.6. The van der Waals surface area contributed by atoms with Crippen LogP contribution in [0.4, 0.5) is 0 Å². The molecule has 1 aromatic rings. The van der Waals surface area contributed by atoms with Gasteiger partial charge in [-0.15, -0.1) is 0 Å². The lowest BCUT2D eigenvalue weighted by Crippen LogP contribution is -2.30. The van der Waals surface area contributed by atoms with Crippen molar-refractivity contribution in [2.75, 3.05) is 33.3 Å². The summed E-state index contributed by atoms with van der Waals surface area (Å²) in [5.41, 5.74) is 0.928. The molecule has 0 saturated carbocycles. The van der Waals surface area contributed by atoms with Crippen LogP contribution in [0.25, 0.3) is 0 Å². The molecular weight excluding hydrogens is 368 g/mol. The van der Waals surface area contributed by atoms with Crippen LogP contribution >= 0.6 is 15.9 Å². The molecule has 0 heterocycles. The van der Waals surface area contributed by atoms with Gasteiger partial charge in [-0.3, -0.25) is 0 Å². The van der Waals surface area contributed by atoms with Gasteiger partial charge in [0.15, 0.2) is 0 Å². The van der Waals surface area contributed by atoms with Crippen LogP contribution in [0.15, 0.2) is 21.5 Å². The zero-order valence-corrected chi connectivity index (χ0v) is 16.1. The number of aryl methyl sites for hydroxylation is 1. The molecule has 1 aromatic carbocycles. The van der Waals surface area contributed by atoms with Crippen molar-refractivity contribution < 1.29 is 13.2 Å². The summed E-state index contributed by atoms with van der Waals surface area (Å²) < 4.78 is 33.5. The molecule has 0 atom stereocenters. The largest absolute Gasteiger partial charge is 0.495 e. The first kappa shape index (κ1) is 19.4. The van der Waals surface area contributed by atoms with Crippen LogP contribution in [0.5, 0.6) is 5.75 Å². The molecule has 0 aliphatic carbocycles. The maximum atomic E-state index is 12.4. The predicted octanol–water partition coefficient (Wildman–Crippen LogP) is 2.78. The Kier molecular flexibility index (Phi) is 7.82. The first-order valence-corrected chi connectivity index (χ1v) is 9.69. The quantitative estimate of drug-likeness (QED) is 0.656. The van der Waals surface area contributed by atoms with Crippen LogP contribution < -0.4 is 9.46 Å². The second-order valence-electron chi connectivity index (χ2n) is 5.03. The lowest BCUT2D eigenvalue weighted by atomic mass is 10.2. The van der Waals surface area contributed by atoms with Crippen molar-refractivity contribution in [3.8, 4) is 5.75 Å². The number of rotatable bonds is 9. The molecule has 0 unspecified atom stereocenters. The SMILES string of the molecule is CCN(CC)CCCNS(=O)(=O)c1cc(Br)c(C)cc1OC. The Morgan fingerprint density at radius 1 is 1.27 bits per heavy atom. The molecule has 0 saturated heterocycles. The van der Waals surface area contributed by atoms with E-state index in [9.17, 15) is 8.42 Å². The third-order valence-corrected chi connectivity index (χ3v) is 5.91. The van der Waals surface area contributed by atoms with Crippen LogP contribution in [0.3, 0.4) is 0 Å². The van der Waals surface area contributed by atoms with Gasteiger partial charge in [-0.25, -0.2) is 13.1 Å². The van der Waals surface area contributed by atoms with Gasteiger partial charge < -0.3 is 9.64 Å². The molecule has 0 fully saturated rings. The minimum Gasteiger partial charge on any atom is -0.495 e. The number of ether oxygens (including phenoxy) is 1. The smallest absolute Gasteiger partial charge is 0.244 e. The number of halogens is 1. The number of methoxy groups -OCH3 is 1. The Balaban J connectivity index is 2.77. The van der Waals surface area contributed by atoms with Crippen molar-refractivity contribution >= 4 is 26.0 Å². The minimum atomic E-state index is -3.58. The normalized spacial score (nSPS) is 11.9. The average molecular weight is 393 g/mol. The van der Waals surface area contributed by atoms with Crippen molar-refractivity contribution in [1.82, 2.24) is 9.62 Å². The summed E-state index contributed by atoms with van der Waals surface area (Å²) in [7, 11) is -2.10. The van der Waals surface area contributed by atoms with Gasteiger partial charge in [0.25, 0.3) is 0 Å². The summed E-state index contributed by atoms with van der Waals surface area (Å²) in [5, 5.41) is 0. The first-order valence-electron chi connectivity index (χ1n) is 7.41.